The van der Waals surface area contributed by atoms with Crippen molar-refractivity contribution in [2.45, 2.75) is 26.9 Å². The minimum atomic E-state index is -2.80. The van der Waals surface area contributed by atoms with Gasteiger partial charge in [-0.05, 0) is 61.5 Å². The first-order valence-electron chi connectivity index (χ1n) is 7.83. The molecular weight excluding hydrogens is 398 g/mol. The second-order valence-electron chi connectivity index (χ2n) is 5.71. The maximum absolute atomic E-state index is 12.8. The molecule has 27 heavy (non-hydrogen) atoms. The van der Waals surface area contributed by atoms with Crippen LogP contribution in [-0.2, 0) is 6.61 Å². The van der Waals surface area contributed by atoms with E-state index in [1.165, 1.54) is 6.21 Å². The molecule has 0 aliphatic rings. The van der Waals surface area contributed by atoms with Crippen LogP contribution in [0.25, 0.3) is 0 Å². The lowest BCUT2D eigenvalue weighted by atomic mass is 10.1. The molecule has 10 heteroatoms. The number of ether oxygens (including phenoxy) is 1. The highest BCUT2D eigenvalue weighted by Gasteiger charge is 2.16. The van der Waals surface area contributed by atoms with E-state index in [4.69, 9.17) is 33.0 Å². The minimum Gasteiger partial charge on any atom is -0.486 e. The quantitative estimate of drug-likeness (QED) is 0.446. The summed E-state index contributed by atoms with van der Waals surface area (Å²) in [7, 11) is 0. The van der Waals surface area contributed by atoms with Crippen molar-refractivity contribution >= 4 is 30.0 Å². The minimum absolute atomic E-state index is 0.0369. The molecule has 0 amide bonds. The van der Waals surface area contributed by atoms with Gasteiger partial charge in [0.2, 0.25) is 10.6 Å². The van der Waals surface area contributed by atoms with Gasteiger partial charge in [-0.15, -0.1) is 0 Å². The highest BCUT2D eigenvalue weighted by Crippen LogP contribution is 2.26. The Balaban J connectivity index is 1.69. The van der Waals surface area contributed by atoms with Crippen molar-refractivity contribution in [1.82, 2.24) is 14.9 Å². The average Bonchev–Trinajstić information content (AvgIpc) is 3.22. The van der Waals surface area contributed by atoms with Gasteiger partial charge < -0.3 is 9.15 Å². The molecule has 0 aliphatic carbocycles. The highest BCUT2D eigenvalue weighted by molar-refractivity contribution is 7.71. The van der Waals surface area contributed by atoms with Crippen LogP contribution in [0.2, 0.25) is 5.02 Å². The largest absolute Gasteiger partial charge is 0.486 e. The molecule has 0 radical (unpaired) electrons. The Hall–Kier alpha value is -2.52. The fraction of sp³-hybridized carbons (Fsp3) is 0.235. The number of rotatable bonds is 6. The van der Waals surface area contributed by atoms with Crippen LogP contribution in [-0.4, -0.2) is 21.1 Å². The number of alkyl halides is 2. The zero-order valence-corrected chi connectivity index (χ0v) is 15.9. The van der Waals surface area contributed by atoms with E-state index < -0.39 is 12.2 Å². The number of nitrogens with one attached hydrogen (secondary N) is 1. The molecule has 0 atom stereocenters. The first-order chi connectivity index (χ1) is 12.8. The number of hydrogen-bond acceptors (Lipinski definition) is 5. The molecule has 2 aromatic heterocycles. The first-order valence-corrected chi connectivity index (χ1v) is 8.62. The molecule has 0 fully saturated rings. The van der Waals surface area contributed by atoms with Gasteiger partial charge in [0.25, 0.3) is 6.43 Å². The number of hydrogen-bond donors (Lipinski definition) is 1. The van der Waals surface area contributed by atoms with Crippen molar-refractivity contribution in [1.29, 1.82) is 0 Å². The summed E-state index contributed by atoms with van der Waals surface area (Å²) in [6.07, 6.45) is -1.53. The molecule has 3 rings (SSSR count). The Morgan fingerprint density at radius 2 is 2.07 bits per heavy atom. The van der Waals surface area contributed by atoms with Gasteiger partial charge >= 0.3 is 0 Å². The number of aromatic amines is 1. The fourth-order valence-corrected chi connectivity index (χ4v) is 2.65. The molecule has 142 valence electrons. The molecule has 0 unspecified atom stereocenters. The lowest BCUT2D eigenvalue weighted by Crippen LogP contribution is -1.99. The SMILES string of the molecule is Cc1cc(OCc2ccc(C=Nn3c(C(F)F)n[nH]c3=S)o2)cc(C)c1Cl. The van der Waals surface area contributed by atoms with Gasteiger partial charge in [-0.2, -0.15) is 14.9 Å². The number of furan rings is 1. The van der Waals surface area contributed by atoms with E-state index >= 15 is 0 Å². The van der Waals surface area contributed by atoms with Gasteiger partial charge in [0.05, 0.1) is 6.21 Å². The smallest absolute Gasteiger partial charge is 0.299 e. The third-order valence-electron chi connectivity index (χ3n) is 3.64. The molecule has 2 heterocycles. The standard InChI is InChI=1S/C17H15ClF2N4O2S/c1-9-5-13(6-10(2)14(9)18)25-8-12-4-3-11(26-12)7-21-24-16(15(19)20)22-23-17(24)27/h3-7,15H,8H2,1-2H3,(H,23,27). The third-order valence-corrected chi connectivity index (χ3v) is 4.50. The van der Waals surface area contributed by atoms with Crippen LogP contribution < -0.4 is 4.74 Å². The molecule has 0 saturated heterocycles. The van der Waals surface area contributed by atoms with Crippen molar-refractivity contribution in [3.8, 4) is 5.75 Å². The van der Waals surface area contributed by atoms with Crippen LogP contribution >= 0.6 is 23.8 Å². The van der Waals surface area contributed by atoms with Crippen molar-refractivity contribution in [3.05, 3.63) is 62.5 Å². The summed E-state index contributed by atoms with van der Waals surface area (Å²) in [6, 6.07) is 7.03. The van der Waals surface area contributed by atoms with E-state index in [-0.39, 0.29) is 11.4 Å². The lowest BCUT2D eigenvalue weighted by Gasteiger charge is -2.08. The number of H-pyrrole nitrogens is 1. The molecule has 0 saturated carbocycles. The molecule has 6 nitrogen and oxygen atoms in total. The van der Waals surface area contributed by atoms with Gasteiger partial charge in [-0.1, -0.05) is 11.6 Å². The molecule has 3 aromatic rings. The number of aryl methyl sites for hydroxylation is 2. The van der Waals surface area contributed by atoms with Crippen LogP contribution in [0.1, 0.15) is 34.9 Å². The van der Waals surface area contributed by atoms with E-state index in [1.54, 1.807) is 12.1 Å². The fourth-order valence-electron chi connectivity index (χ4n) is 2.36. The van der Waals surface area contributed by atoms with Gasteiger partial charge in [0.1, 0.15) is 23.9 Å². The number of benzene rings is 1. The van der Waals surface area contributed by atoms with Gasteiger partial charge in [0, 0.05) is 5.02 Å². The van der Waals surface area contributed by atoms with Crippen LogP contribution in [0.4, 0.5) is 8.78 Å². The Morgan fingerprint density at radius 3 is 2.74 bits per heavy atom. The van der Waals surface area contributed by atoms with E-state index in [1.807, 2.05) is 26.0 Å². The predicted molar refractivity (Wildman–Crippen MR) is 99.3 cm³/mol. The molecule has 1 aromatic carbocycles. The third kappa shape index (κ3) is 4.42. The summed E-state index contributed by atoms with van der Waals surface area (Å²) in [4.78, 5) is 0. The molecule has 0 bridgehead atoms. The van der Waals surface area contributed by atoms with Gasteiger partial charge in [-0.25, -0.2) is 13.9 Å². The normalized spacial score (nSPS) is 11.6. The first kappa shape index (κ1) is 19.2. The van der Waals surface area contributed by atoms with Crippen molar-refractivity contribution in [2.75, 3.05) is 0 Å². The summed E-state index contributed by atoms with van der Waals surface area (Å²) in [5.74, 6) is 1.01. The average molecular weight is 413 g/mol. The molecule has 1 N–H and O–H groups in total. The van der Waals surface area contributed by atoms with Crippen LogP contribution in [0, 0.1) is 18.6 Å². The van der Waals surface area contributed by atoms with Crippen LogP contribution in [0.15, 0.2) is 33.8 Å². The molecule has 0 aliphatic heterocycles. The highest BCUT2D eigenvalue weighted by atomic mass is 35.5. The van der Waals surface area contributed by atoms with Crippen molar-refractivity contribution in [2.24, 2.45) is 5.10 Å². The van der Waals surface area contributed by atoms with Crippen molar-refractivity contribution < 1.29 is 17.9 Å². The number of halogens is 3. The van der Waals surface area contributed by atoms with E-state index in [0.29, 0.717) is 22.3 Å². The van der Waals surface area contributed by atoms with Gasteiger partial charge in [0.15, 0.2) is 0 Å². The summed E-state index contributed by atoms with van der Waals surface area (Å²) in [5.41, 5.74) is 1.84. The molecular formula is C17H15ClF2N4O2S. The van der Waals surface area contributed by atoms with Crippen LogP contribution in [0.5, 0.6) is 5.75 Å². The zero-order chi connectivity index (χ0) is 19.6. The van der Waals surface area contributed by atoms with E-state index in [9.17, 15) is 8.78 Å². The Labute approximate surface area is 163 Å². The van der Waals surface area contributed by atoms with Crippen LogP contribution in [0.3, 0.4) is 0 Å². The second-order valence-corrected chi connectivity index (χ2v) is 6.47. The Bertz CT molecular complexity index is 1020. The summed E-state index contributed by atoms with van der Waals surface area (Å²) < 4.78 is 37.8. The zero-order valence-electron chi connectivity index (χ0n) is 14.4. The van der Waals surface area contributed by atoms with Crippen molar-refractivity contribution in [3.63, 3.8) is 0 Å². The van der Waals surface area contributed by atoms with E-state index in [0.717, 1.165) is 15.8 Å². The second kappa shape index (κ2) is 8.01. The number of nitrogens with zero attached hydrogens (tertiary/aromatic N) is 3. The number of aromatic nitrogens is 3. The topological polar surface area (TPSA) is 68.3 Å². The monoisotopic (exact) mass is 412 g/mol. The maximum Gasteiger partial charge on any atom is 0.299 e. The summed E-state index contributed by atoms with van der Waals surface area (Å²) in [6.45, 7) is 4.00. The summed E-state index contributed by atoms with van der Waals surface area (Å²) >= 11 is 11.0. The Kier molecular flexibility index (Phi) is 5.71. The van der Waals surface area contributed by atoms with Gasteiger partial charge in [-0.3, -0.25) is 0 Å². The summed E-state index contributed by atoms with van der Waals surface area (Å²) in [5, 5.41) is 10.3. The Morgan fingerprint density at radius 1 is 1.37 bits per heavy atom. The lowest BCUT2D eigenvalue weighted by molar-refractivity contribution is 0.136. The maximum atomic E-state index is 12.8. The molecule has 0 spiro atoms. The van der Waals surface area contributed by atoms with E-state index in [2.05, 4.69) is 15.3 Å². The predicted octanol–water partition coefficient (Wildman–Crippen LogP) is 5.20.